The molecule has 0 fully saturated rings. The van der Waals surface area contributed by atoms with Crippen LogP contribution in [-0.4, -0.2) is 21.7 Å². The van der Waals surface area contributed by atoms with Crippen LogP contribution in [-0.2, 0) is 6.54 Å². The number of nitrogens with zero attached hydrogens (tertiary/aromatic N) is 2. The Bertz CT molecular complexity index is 621. The molecule has 0 spiro atoms. The molecule has 0 saturated heterocycles. The molecule has 6 heteroatoms. The number of rotatable bonds is 5. The molecule has 0 bridgehead atoms. The van der Waals surface area contributed by atoms with Gasteiger partial charge >= 0.3 is 0 Å². The molecule has 0 unspecified atom stereocenters. The predicted octanol–water partition coefficient (Wildman–Crippen LogP) is 1.61. The van der Waals surface area contributed by atoms with E-state index in [1.165, 1.54) is 23.0 Å². The number of nitrogens with one attached hydrogen (secondary N) is 1. The summed E-state index contributed by atoms with van der Waals surface area (Å²) in [4.78, 5) is 11.1. The van der Waals surface area contributed by atoms with Crippen molar-refractivity contribution in [3.8, 4) is 5.69 Å². The monoisotopic (exact) mass is 276 g/mol. The average molecular weight is 276 g/mol. The Hall–Kier alpha value is -2.21. The van der Waals surface area contributed by atoms with Crippen molar-refractivity contribution in [2.75, 3.05) is 0 Å². The second kappa shape index (κ2) is 5.83. The minimum atomic E-state index is -0.637. The first-order valence-electron chi connectivity index (χ1n) is 6.35. The normalized spacial score (nSPS) is 11.0. The van der Waals surface area contributed by atoms with E-state index in [0.717, 1.165) is 5.56 Å². The molecule has 2 rings (SSSR count). The van der Waals surface area contributed by atoms with Gasteiger partial charge in [0.05, 0.1) is 0 Å². The zero-order valence-corrected chi connectivity index (χ0v) is 11.4. The summed E-state index contributed by atoms with van der Waals surface area (Å²) >= 11 is 0. The second-order valence-corrected chi connectivity index (χ2v) is 4.79. The Morgan fingerprint density at radius 2 is 2.20 bits per heavy atom. The van der Waals surface area contributed by atoms with Gasteiger partial charge in [0.15, 0.2) is 0 Å². The molecule has 5 nitrogen and oxygen atoms in total. The van der Waals surface area contributed by atoms with Gasteiger partial charge in [0.2, 0.25) is 0 Å². The lowest BCUT2D eigenvalue weighted by Gasteiger charge is -2.13. The summed E-state index contributed by atoms with van der Waals surface area (Å²) in [6.45, 7) is 4.53. The zero-order chi connectivity index (χ0) is 14.7. The van der Waals surface area contributed by atoms with Gasteiger partial charge in [-0.2, -0.15) is 5.10 Å². The first kappa shape index (κ1) is 14.2. The van der Waals surface area contributed by atoms with Crippen molar-refractivity contribution in [1.29, 1.82) is 0 Å². The smallest absolute Gasteiger partial charge is 0.269 e. The van der Waals surface area contributed by atoms with Crippen molar-refractivity contribution >= 4 is 5.91 Å². The van der Waals surface area contributed by atoms with Crippen LogP contribution in [0.25, 0.3) is 5.69 Å². The Morgan fingerprint density at radius 3 is 2.80 bits per heavy atom. The number of amides is 1. The minimum absolute atomic E-state index is 0.107. The number of hydrogen-bond acceptors (Lipinski definition) is 3. The highest BCUT2D eigenvalue weighted by atomic mass is 19.1. The molecule has 1 heterocycles. The van der Waals surface area contributed by atoms with Crippen LogP contribution in [0.1, 0.15) is 29.9 Å². The summed E-state index contributed by atoms with van der Waals surface area (Å²) in [5.41, 5.74) is 6.36. The van der Waals surface area contributed by atoms with E-state index >= 15 is 0 Å². The summed E-state index contributed by atoms with van der Waals surface area (Å²) in [6, 6.07) is 6.58. The summed E-state index contributed by atoms with van der Waals surface area (Å²) in [5, 5.41) is 7.23. The summed E-state index contributed by atoms with van der Waals surface area (Å²) in [5.74, 6) is -1.03. The van der Waals surface area contributed by atoms with Crippen molar-refractivity contribution in [2.24, 2.45) is 5.73 Å². The lowest BCUT2D eigenvalue weighted by molar-refractivity contribution is 0.0995. The summed E-state index contributed by atoms with van der Waals surface area (Å²) in [6.07, 6.45) is 1.53. The van der Waals surface area contributed by atoms with Crippen LogP contribution in [0.3, 0.4) is 0 Å². The van der Waals surface area contributed by atoms with Crippen LogP contribution in [0.4, 0.5) is 4.39 Å². The van der Waals surface area contributed by atoms with E-state index < -0.39 is 11.7 Å². The Labute approximate surface area is 116 Å². The van der Waals surface area contributed by atoms with Gasteiger partial charge in [0.25, 0.3) is 5.91 Å². The quantitative estimate of drug-likeness (QED) is 0.871. The maximum absolute atomic E-state index is 14.1. The van der Waals surface area contributed by atoms with Crippen molar-refractivity contribution in [3.05, 3.63) is 47.5 Å². The maximum atomic E-state index is 14.1. The molecule has 3 N–H and O–H groups in total. The fraction of sp³-hybridized carbons (Fsp3) is 0.286. The van der Waals surface area contributed by atoms with E-state index in [1.54, 1.807) is 6.07 Å². The highest BCUT2D eigenvalue weighted by molar-refractivity contribution is 5.90. The molecule has 20 heavy (non-hydrogen) atoms. The van der Waals surface area contributed by atoms with Crippen LogP contribution in [0.5, 0.6) is 0 Å². The topological polar surface area (TPSA) is 72.9 Å². The third kappa shape index (κ3) is 3.03. The number of primary amides is 1. The largest absolute Gasteiger partial charge is 0.364 e. The number of carbonyl (C=O) groups is 1. The lowest BCUT2D eigenvalue weighted by Crippen LogP contribution is -2.23. The molecule has 2 aromatic rings. The van der Waals surface area contributed by atoms with Crippen LogP contribution in [0, 0.1) is 5.82 Å². The van der Waals surface area contributed by atoms with Crippen molar-refractivity contribution in [3.63, 3.8) is 0 Å². The predicted molar refractivity (Wildman–Crippen MR) is 74.0 cm³/mol. The minimum Gasteiger partial charge on any atom is -0.364 e. The molecule has 0 radical (unpaired) electrons. The SMILES string of the molecule is CC(C)NCc1cccc(F)c1-n1ccc(C(N)=O)n1. The van der Waals surface area contributed by atoms with Gasteiger partial charge in [-0.15, -0.1) is 0 Å². The standard InChI is InChI=1S/C14H17FN4O/c1-9(2)17-8-10-4-3-5-11(15)13(10)19-7-6-12(18-19)14(16)20/h3-7,9,17H,8H2,1-2H3,(H2,16,20). The Kier molecular flexibility index (Phi) is 4.14. The summed E-state index contributed by atoms with van der Waals surface area (Å²) < 4.78 is 15.4. The molecule has 0 aliphatic rings. The first-order chi connectivity index (χ1) is 9.49. The Balaban J connectivity index is 2.40. The molecule has 1 amide bonds. The lowest BCUT2D eigenvalue weighted by atomic mass is 10.1. The number of para-hydroxylation sites is 1. The second-order valence-electron chi connectivity index (χ2n) is 4.79. The number of hydrogen-bond donors (Lipinski definition) is 2. The van der Waals surface area contributed by atoms with Crippen molar-refractivity contribution in [2.45, 2.75) is 26.4 Å². The fourth-order valence-electron chi connectivity index (χ4n) is 1.85. The van der Waals surface area contributed by atoms with Crippen LogP contribution in [0.15, 0.2) is 30.5 Å². The van der Waals surface area contributed by atoms with Gasteiger partial charge in [0, 0.05) is 18.8 Å². The van der Waals surface area contributed by atoms with Gasteiger partial charge in [-0.1, -0.05) is 26.0 Å². The highest BCUT2D eigenvalue weighted by Gasteiger charge is 2.13. The molecule has 1 aromatic heterocycles. The van der Waals surface area contributed by atoms with E-state index in [1.807, 2.05) is 19.9 Å². The van der Waals surface area contributed by atoms with E-state index in [4.69, 9.17) is 5.73 Å². The molecule has 0 atom stereocenters. The van der Waals surface area contributed by atoms with Crippen LogP contribution >= 0.6 is 0 Å². The average Bonchev–Trinajstić information content (AvgIpc) is 2.85. The molecule has 1 aromatic carbocycles. The van der Waals surface area contributed by atoms with Gasteiger partial charge in [-0.05, 0) is 17.7 Å². The zero-order valence-electron chi connectivity index (χ0n) is 11.4. The molecular weight excluding hydrogens is 259 g/mol. The van der Waals surface area contributed by atoms with E-state index in [0.29, 0.717) is 12.2 Å². The number of halogens is 1. The molecular formula is C14H17FN4O. The van der Waals surface area contributed by atoms with E-state index in [9.17, 15) is 9.18 Å². The number of nitrogens with two attached hydrogens (primary N) is 1. The van der Waals surface area contributed by atoms with Crippen LogP contribution < -0.4 is 11.1 Å². The molecule has 0 saturated carbocycles. The molecule has 0 aliphatic heterocycles. The van der Waals surface area contributed by atoms with Gasteiger partial charge in [-0.25, -0.2) is 9.07 Å². The number of benzene rings is 1. The number of carbonyl (C=O) groups excluding carboxylic acids is 1. The first-order valence-corrected chi connectivity index (χ1v) is 6.35. The van der Waals surface area contributed by atoms with E-state index in [-0.39, 0.29) is 11.7 Å². The van der Waals surface area contributed by atoms with Crippen molar-refractivity contribution < 1.29 is 9.18 Å². The van der Waals surface area contributed by atoms with Crippen LogP contribution in [0.2, 0.25) is 0 Å². The van der Waals surface area contributed by atoms with Gasteiger partial charge in [-0.3, -0.25) is 4.79 Å². The van der Waals surface area contributed by atoms with Gasteiger partial charge < -0.3 is 11.1 Å². The number of aromatic nitrogens is 2. The van der Waals surface area contributed by atoms with E-state index in [2.05, 4.69) is 10.4 Å². The molecule has 106 valence electrons. The molecule has 0 aliphatic carbocycles. The summed E-state index contributed by atoms with van der Waals surface area (Å²) in [7, 11) is 0. The fourth-order valence-corrected chi connectivity index (χ4v) is 1.85. The Morgan fingerprint density at radius 1 is 1.45 bits per heavy atom. The maximum Gasteiger partial charge on any atom is 0.269 e. The van der Waals surface area contributed by atoms with Crippen molar-refractivity contribution in [1.82, 2.24) is 15.1 Å². The third-order valence-corrected chi connectivity index (χ3v) is 2.84. The van der Waals surface area contributed by atoms with Gasteiger partial charge in [0.1, 0.15) is 17.2 Å². The highest BCUT2D eigenvalue weighted by Crippen LogP contribution is 2.18. The third-order valence-electron chi connectivity index (χ3n) is 2.84.